The van der Waals surface area contributed by atoms with Gasteiger partial charge in [0, 0.05) is 5.56 Å². The molecule has 0 amide bonds. The first-order valence-corrected chi connectivity index (χ1v) is 11.1. The first-order valence-electron chi connectivity index (χ1n) is 10.4. The maximum Gasteiger partial charge on any atom is 0.106 e. The molecule has 1 nitrogen and oxygen atoms in total. The van der Waals surface area contributed by atoms with Gasteiger partial charge in [0.05, 0.1) is 5.69 Å². The van der Waals surface area contributed by atoms with E-state index >= 15 is 0 Å². The summed E-state index contributed by atoms with van der Waals surface area (Å²) in [5.41, 5.74) is 4.67. The van der Waals surface area contributed by atoms with Crippen LogP contribution in [0.25, 0.3) is 54.7 Å². The fourth-order valence-corrected chi connectivity index (χ4v) is 4.95. The van der Waals surface area contributed by atoms with E-state index in [0.29, 0.717) is 0 Å². The molecular weight excluding hydrogens is 442 g/mol. The van der Waals surface area contributed by atoms with E-state index in [1.807, 2.05) is 12.1 Å². The normalized spacial score (nSPS) is 11.4. The minimum atomic E-state index is 0.844. The van der Waals surface area contributed by atoms with Crippen LogP contribution < -0.4 is 0 Å². The van der Waals surface area contributed by atoms with Crippen LogP contribution in [0.2, 0.25) is 0 Å². The third-order valence-electron chi connectivity index (χ3n) is 5.94. The van der Waals surface area contributed by atoms with Gasteiger partial charge in [0.2, 0.25) is 0 Å². The molecule has 0 saturated heterocycles. The molecule has 0 aliphatic heterocycles. The Kier molecular flexibility index (Phi) is 4.33. The molecule has 1 aromatic heterocycles. The van der Waals surface area contributed by atoms with Gasteiger partial charge in [-0.25, -0.2) is 4.98 Å². The molecule has 0 radical (unpaired) electrons. The maximum absolute atomic E-state index is 4.80. The number of aromatic nitrogens is 1. The van der Waals surface area contributed by atoms with E-state index in [4.69, 9.17) is 4.98 Å². The minimum absolute atomic E-state index is 0.844. The number of benzene rings is 5. The molecule has 0 saturated carbocycles. The standard InChI is InChI=1S/C29H18BrN/c30-27-15-7-14-26(31-27)29-24-12-5-3-10-22(24)28(23-11-4-6-13-25(23)29)21-17-16-19-8-1-2-9-20(19)18-21/h1-18H. The van der Waals surface area contributed by atoms with E-state index < -0.39 is 0 Å². The van der Waals surface area contributed by atoms with Crippen molar-refractivity contribution in [1.29, 1.82) is 0 Å². The van der Waals surface area contributed by atoms with Crippen molar-refractivity contribution < 1.29 is 0 Å². The Morgan fingerprint density at radius 1 is 0.484 bits per heavy atom. The van der Waals surface area contributed by atoms with E-state index in [2.05, 4.69) is 113 Å². The van der Waals surface area contributed by atoms with Crippen LogP contribution in [-0.2, 0) is 0 Å². The lowest BCUT2D eigenvalue weighted by Gasteiger charge is -2.17. The molecule has 5 aromatic carbocycles. The molecule has 2 heteroatoms. The van der Waals surface area contributed by atoms with Crippen molar-refractivity contribution in [3.05, 3.63) is 114 Å². The number of fused-ring (bicyclic) bond motifs is 3. The molecule has 6 rings (SSSR count). The Morgan fingerprint density at radius 3 is 1.71 bits per heavy atom. The van der Waals surface area contributed by atoms with Gasteiger partial charge in [-0.2, -0.15) is 0 Å². The van der Waals surface area contributed by atoms with E-state index in [1.54, 1.807) is 0 Å². The van der Waals surface area contributed by atoms with Gasteiger partial charge in [0.1, 0.15) is 4.60 Å². The molecule has 6 aromatic rings. The smallest absolute Gasteiger partial charge is 0.106 e. The summed E-state index contributed by atoms with van der Waals surface area (Å²) in [7, 11) is 0. The van der Waals surface area contributed by atoms with Crippen LogP contribution in [0.15, 0.2) is 114 Å². The monoisotopic (exact) mass is 459 g/mol. The number of pyridine rings is 1. The van der Waals surface area contributed by atoms with E-state index in [0.717, 1.165) is 10.3 Å². The molecule has 0 bridgehead atoms. The van der Waals surface area contributed by atoms with Crippen LogP contribution in [-0.4, -0.2) is 4.98 Å². The summed E-state index contributed by atoms with van der Waals surface area (Å²) < 4.78 is 0.844. The highest BCUT2D eigenvalue weighted by molar-refractivity contribution is 9.10. The largest absolute Gasteiger partial charge is 0.241 e. The molecule has 0 N–H and O–H groups in total. The van der Waals surface area contributed by atoms with Gasteiger partial charge in [0.15, 0.2) is 0 Å². The Balaban J connectivity index is 1.78. The summed E-state index contributed by atoms with van der Waals surface area (Å²) in [5, 5.41) is 7.44. The highest BCUT2D eigenvalue weighted by Crippen LogP contribution is 2.43. The van der Waals surface area contributed by atoms with E-state index in [1.165, 1.54) is 49.0 Å². The van der Waals surface area contributed by atoms with Crippen molar-refractivity contribution in [3.8, 4) is 22.4 Å². The second kappa shape index (κ2) is 7.33. The molecule has 1 heterocycles. The van der Waals surface area contributed by atoms with Crippen LogP contribution in [0.3, 0.4) is 0 Å². The first-order chi connectivity index (χ1) is 15.3. The van der Waals surface area contributed by atoms with Gasteiger partial charge in [-0.05, 0) is 77.6 Å². The predicted molar refractivity (Wildman–Crippen MR) is 135 cm³/mol. The Hall–Kier alpha value is -3.49. The summed E-state index contributed by atoms with van der Waals surface area (Å²) in [4.78, 5) is 4.80. The van der Waals surface area contributed by atoms with Crippen molar-refractivity contribution >= 4 is 48.2 Å². The van der Waals surface area contributed by atoms with Gasteiger partial charge < -0.3 is 0 Å². The quantitative estimate of drug-likeness (QED) is 0.186. The zero-order valence-electron chi connectivity index (χ0n) is 16.7. The second-order valence-corrected chi connectivity index (χ2v) is 8.56. The zero-order valence-corrected chi connectivity index (χ0v) is 18.3. The second-order valence-electron chi connectivity index (χ2n) is 7.75. The van der Waals surface area contributed by atoms with Crippen LogP contribution in [0.4, 0.5) is 0 Å². The molecule has 0 fully saturated rings. The number of halogens is 1. The zero-order chi connectivity index (χ0) is 20.8. The number of rotatable bonds is 2. The Bertz CT molecular complexity index is 1540. The fraction of sp³-hybridized carbons (Fsp3) is 0. The number of hydrogen-bond donors (Lipinski definition) is 0. The fourth-order valence-electron chi connectivity index (χ4n) is 4.61. The lowest BCUT2D eigenvalue weighted by atomic mass is 9.87. The van der Waals surface area contributed by atoms with Crippen LogP contribution >= 0.6 is 15.9 Å². The van der Waals surface area contributed by atoms with Crippen LogP contribution in [0, 0.1) is 0 Å². The Labute approximate surface area is 189 Å². The molecular formula is C29H18BrN. The van der Waals surface area contributed by atoms with Crippen molar-refractivity contribution in [1.82, 2.24) is 4.98 Å². The topological polar surface area (TPSA) is 12.9 Å². The van der Waals surface area contributed by atoms with Gasteiger partial charge in [-0.15, -0.1) is 0 Å². The van der Waals surface area contributed by atoms with Gasteiger partial charge in [-0.3, -0.25) is 0 Å². The minimum Gasteiger partial charge on any atom is -0.241 e. The Morgan fingerprint density at radius 2 is 1.06 bits per heavy atom. The van der Waals surface area contributed by atoms with Crippen LogP contribution in [0.1, 0.15) is 0 Å². The van der Waals surface area contributed by atoms with Crippen molar-refractivity contribution in [3.63, 3.8) is 0 Å². The van der Waals surface area contributed by atoms with Crippen LogP contribution in [0.5, 0.6) is 0 Å². The molecule has 0 atom stereocenters. The first kappa shape index (κ1) is 18.3. The molecule has 31 heavy (non-hydrogen) atoms. The summed E-state index contributed by atoms with van der Waals surface area (Å²) in [6.07, 6.45) is 0. The van der Waals surface area contributed by atoms with E-state index in [9.17, 15) is 0 Å². The number of nitrogens with zero attached hydrogens (tertiary/aromatic N) is 1. The third kappa shape index (κ3) is 3.03. The average molecular weight is 460 g/mol. The molecule has 146 valence electrons. The van der Waals surface area contributed by atoms with Crippen molar-refractivity contribution in [2.45, 2.75) is 0 Å². The summed E-state index contributed by atoms with van der Waals surface area (Å²) in [6.45, 7) is 0. The summed E-state index contributed by atoms with van der Waals surface area (Å²) >= 11 is 3.55. The predicted octanol–water partition coefficient (Wildman–Crippen LogP) is 8.64. The molecule has 0 aliphatic carbocycles. The third-order valence-corrected chi connectivity index (χ3v) is 6.38. The molecule has 0 spiro atoms. The lowest BCUT2D eigenvalue weighted by Crippen LogP contribution is -1.92. The SMILES string of the molecule is Brc1cccc(-c2c3ccccc3c(-c3ccc4ccccc4c3)c3ccccc23)n1. The molecule has 0 unspecified atom stereocenters. The van der Waals surface area contributed by atoms with Crippen molar-refractivity contribution in [2.75, 3.05) is 0 Å². The van der Waals surface area contributed by atoms with E-state index in [-0.39, 0.29) is 0 Å². The van der Waals surface area contributed by atoms with Gasteiger partial charge in [0.25, 0.3) is 0 Å². The summed E-state index contributed by atoms with van der Waals surface area (Å²) in [5.74, 6) is 0. The highest BCUT2D eigenvalue weighted by atomic mass is 79.9. The lowest BCUT2D eigenvalue weighted by molar-refractivity contribution is 1.29. The maximum atomic E-state index is 4.80. The number of hydrogen-bond acceptors (Lipinski definition) is 1. The average Bonchev–Trinajstić information content (AvgIpc) is 2.82. The van der Waals surface area contributed by atoms with Gasteiger partial charge >= 0.3 is 0 Å². The summed E-state index contributed by atoms with van der Waals surface area (Å²) in [6, 6.07) is 38.8. The highest BCUT2D eigenvalue weighted by Gasteiger charge is 2.17. The molecule has 0 aliphatic rings. The van der Waals surface area contributed by atoms with Gasteiger partial charge in [-0.1, -0.05) is 91.0 Å². The van der Waals surface area contributed by atoms with Crippen molar-refractivity contribution in [2.24, 2.45) is 0 Å².